The minimum atomic E-state index is -0.882. The summed E-state index contributed by atoms with van der Waals surface area (Å²) >= 11 is 0. The van der Waals surface area contributed by atoms with E-state index in [-0.39, 0.29) is 18.9 Å². The second-order valence-electron chi connectivity index (χ2n) is 7.22. The summed E-state index contributed by atoms with van der Waals surface area (Å²) in [5.41, 5.74) is 2.17. The number of aromatic carboxylic acids is 1. The molecule has 0 aliphatic carbocycles. The average Bonchev–Trinajstić information content (AvgIpc) is 3.01. The predicted molar refractivity (Wildman–Crippen MR) is 104 cm³/mol. The summed E-state index contributed by atoms with van der Waals surface area (Å²) < 4.78 is 1.91. The van der Waals surface area contributed by atoms with Gasteiger partial charge in [-0.1, -0.05) is 6.07 Å². The Labute approximate surface area is 166 Å². The zero-order valence-electron chi connectivity index (χ0n) is 14.7. The van der Waals surface area contributed by atoms with E-state index < -0.39 is 5.97 Å². The van der Waals surface area contributed by atoms with Crippen LogP contribution in [0, 0.1) is 5.92 Å². The van der Waals surface area contributed by atoms with Crippen molar-refractivity contribution in [3.63, 3.8) is 0 Å². The Morgan fingerprint density at radius 2 is 2.12 bits per heavy atom. The number of hydrogen-bond acceptors (Lipinski definition) is 4. The first-order chi connectivity index (χ1) is 12.2. The van der Waals surface area contributed by atoms with Crippen LogP contribution in [0.25, 0.3) is 10.9 Å². The third-order valence-corrected chi connectivity index (χ3v) is 5.80. The van der Waals surface area contributed by atoms with E-state index in [1.54, 1.807) is 12.1 Å². The zero-order chi connectivity index (χ0) is 17.4. The first-order valence-corrected chi connectivity index (χ1v) is 9.34. The summed E-state index contributed by atoms with van der Waals surface area (Å²) in [6, 6.07) is 6.01. The van der Waals surface area contributed by atoms with Gasteiger partial charge in [-0.05, 0) is 50.9 Å². The second-order valence-corrected chi connectivity index (χ2v) is 7.22. The fraction of sp³-hybridized carbons (Fsp3) is 0.579. The molecule has 0 radical (unpaired) electrons. The molecule has 3 fully saturated rings. The van der Waals surface area contributed by atoms with Crippen molar-refractivity contribution in [2.75, 3.05) is 26.2 Å². The molecule has 5 rings (SSSR count). The van der Waals surface area contributed by atoms with Crippen LogP contribution in [0.1, 0.15) is 35.8 Å². The van der Waals surface area contributed by atoms with Crippen molar-refractivity contribution in [3.8, 4) is 0 Å². The molecule has 1 aromatic carbocycles. The van der Waals surface area contributed by atoms with Gasteiger partial charge >= 0.3 is 24.8 Å². The third kappa shape index (κ3) is 3.56. The third-order valence-electron chi connectivity index (χ3n) is 5.80. The quantitative estimate of drug-likeness (QED) is 0.770. The molecule has 6 nitrogen and oxygen atoms in total. The number of piperidine rings is 3. The molecule has 26 heavy (non-hydrogen) atoms. The zero-order valence-corrected chi connectivity index (χ0v) is 14.7. The fourth-order valence-electron chi connectivity index (χ4n) is 4.47. The van der Waals surface area contributed by atoms with Crippen LogP contribution in [0.15, 0.2) is 18.2 Å². The van der Waals surface area contributed by atoms with Crippen molar-refractivity contribution in [3.05, 3.63) is 29.5 Å². The number of aryl methyl sites for hydroxylation is 1. The number of benzene rings is 1. The molecule has 3 saturated heterocycles. The molecule has 3 aliphatic rings. The van der Waals surface area contributed by atoms with Gasteiger partial charge in [0.15, 0.2) is 0 Å². The van der Waals surface area contributed by atoms with Gasteiger partial charge in [-0.3, -0.25) is 4.68 Å². The van der Waals surface area contributed by atoms with Crippen LogP contribution in [0.3, 0.4) is 0 Å². The summed E-state index contributed by atoms with van der Waals surface area (Å²) in [6.07, 6.45) is 3.36. The Morgan fingerprint density at radius 1 is 1.35 bits per heavy atom. The normalized spacial score (nSPS) is 24.6. The first-order valence-electron chi connectivity index (χ1n) is 9.34. The van der Waals surface area contributed by atoms with Crippen LogP contribution in [0.5, 0.6) is 0 Å². The Bertz CT molecular complexity index is 783. The summed E-state index contributed by atoms with van der Waals surface area (Å²) in [6.45, 7) is 7.27. The van der Waals surface area contributed by atoms with Gasteiger partial charge in [0.05, 0.1) is 16.8 Å². The molecule has 7 heteroatoms. The van der Waals surface area contributed by atoms with Gasteiger partial charge in [0.2, 0.25) is 0 Å². The summed E-state index contributed by atoms with van der Waals surface area (Å²) in [7, 11) is 0. The molecule has 1 aromatic heterocycles. The van der Waals surface area contributed by atoms with Crippen molar-refractivity contribution in [1.29, 1.82) is 0 Å². The molecule has 2 N–H and O–H groups in total. The van der Waals surface area contributed by atoms with Gasteiger partial charge in [-0.25, -0.2) is 4.79 Å². The number of nitrogens with one attached hydrogen (secondary N) is 1. The van der Waals surface area contributed by atoms with Crippen molar-refractivity contribution in [2.24, 2.45) is 5.92 Å². The number of aromatic nitrogens is 2. The van der Waals surface area contributed by atoms with Crippen molar-refractivity contribution in [1.82, 2.24) is 20.0 Å². The molecular formula is C19H27LiN4O2. The maximum absolute atomic E-state index is 11.6. The van der Waals surface area contributed by atoms with Crippen LogP contribution in [-0.4, -0.2) is 76.8 Å². The molecule has 1 unspecified atom stereocenters. The van der Waals surface area contributed by atoms with E-state index >= 15 is 0 Å². The van der Waals surface area contributed by atoms with E-state index in [9.17, 15) is 9.90 Å². The van der Waals surface area contributed by atoms with E-state index in [4.69, 9.17) is 0 Å². The number of carbonyl (C=O) groups is 1. The molecule has 2 aromatic rings. The number of rotatable bonds is 6. The Balaban J connectivity index is 0.00000196. The van der Waals surface area contributed by atoms with Crippen LogP contribution in [0.4, 0.5) is 0 Å². The molecule has 1 atom stereocenters. The van der Waals surface area contributed by atoms with E-state index in [1.165, 1.54) is 25.9 Å². The van der Waals surface area contributed by atoms with Crippen LogP contribution in [-0.2, 0) is 13.0 Å². The predicted octanol–water partition coefficient (Wildman–Crippen LogP) is 1.33. The Kier molecular flexibility index (Phi) is 6.09. The van der Waals surface area contributed by atoms with E-state index in [2.05, 4.69) is 15.3 Å². The van der Waals surface area contributed by atoms with E-state index in [0.717, 1.165) is 48.6 Å². The minimum absolute atomic E-state index is 0. The Morgan fingerprint density at radius 3 is 2.73 bits per heavy atom. The van der Waals surface area contributed by atoms with Crippen LogP contribution in [0.2, 0.25) is 0 Å². The van der Waals surface area contributed by atoms with Crippen LogP contribution >= 0.6 is 0 Å². The number of carboxylic acid groups (broad SMARTS) is 1. The number of carboxylic acids is 1. The van der Waals surface area contributed by atoms with Crippen molar-refractivity contribution in [2.45, 2.75) is 38.8 Å². The van der Waals surface area contributed by atoms with Gasteiger partial charge in [0, 0.05) is 37.5 Å². The number of hydrogen-bond donors (Lipinski definition) is 2. The number of fused-ring (bicyclic) bond motifs is 4. The molecule has 0 saturated carbocycles. The number of nitrogens with zero attached hydrogens (tertiary/aromatic N) is 3. The maximum atomic E-state index is 11.6. The molecule has 136 valence electrons. The van der Waals surface area contributed by atoms with Crippen molar-refractivity contribution >= 4 is 35.7 Å². The summed E-state index contributed by atoms with van der Waals surface area (Å²) in [5.74, 6) is -0.0858. The molecule has 0 amide bonds. The van der Waals surface area contributed by atoms with Gasteiger partial charge in [0.25, 0.3) is 0 Å². The fourth-order valence-corrected chi connectivity index (χ4v) is 4.47. The molecule has 0 spiro atoms. The summed E-state index contributed by atoms with van der Waals surface area (Å²) in [4.78, 5) is 14.2. The molecule has 4 heterocycles. The topological polar surface area (TPSA) is 70.4 Å². The van der Waals surface area contributed by atoms with Crippen molar-refractivity contribution < 1.29 is 9.90 Å². The van der Waals surface area contributed by atoms with Gasteiger partial charge < -0.3 is 15.3 Å². The van der Waals surface area contributed by atoms with Gasteiger partial charge in [-0.2, -0.15) is 5.10 Å². The standard InChI is InChI=1S/C19H26N4O2.Li.H/c1-2-23-17-5-3-4-14(19(24)25)18(17)15(21-23)6-9-20-16-12-22-10-7-13(16)8-11-22;;/h3-5,13,16,20H,2,6-12H2,1H3,(H,24,25);;. The average molecular weight is 350 g/mol. The molecule has 3 aliphatic heterocycles. The summed E-state index contributed by atoms with van der Waals surface area (Å²) in [5, 5.41) is 18.7. The van der Waals surface area contributed by atoms with Crippen LogP contribution < -0.4 is 5.32 Å². The molecular weight excluding hydrogens is 323 g/mol. The van der Waals surface area contributed by atoms with Gasteiger partial charge in [-0.15, -0.1) is 0 Å². The SMILES string of the molecule is CCn1nc(CCNC2CN3CCC2CC3)c2c(C(=O)O)cccc21.[LiH]. The Hall–Kier alpha value is -1.32. The molecule has 2 bridgehead atoms. The van der Waals surface area contributed by atoms with E-state index in [0.29, 0.717) is 11.6 Å². The van der Waals surface area contributed by atoms with E-state index in [1.807, 2.05) is 17.7 Å². The van der Waals surface area contributed by atoms with Gasteiger partial charge in [0.1, 0.15) is 0 Å². The monoisotopic (exact) mass is 350 g/mol. The second kappa shape index (κ2) is 8.14. The first kappa shape index (κ1) is 19.4.